The summed E-state index contributed by atoms with van der Waals surface area (Å²) >= 11 is 9.04. The molecular formula is C15H10BrClF2N2O2. The highest BCUT2D eigenvalue weighted by atomic mass is 79.9. The van der Waals surface area contributed by atoms with Crippen molar-refractivity contribution >= 4 is 39.7 Å². The molecule has 1 N–H and O–H groups in total. The topological polar surface area (TPSA) is 50.7 Å². The van der Waals surface area contributed by atoms with E-state index in [1.807, 2.05) is 0 Å². The number of carbonyl (C=O) groups excluding carboxylic acids is 1. The highest BCUT2D eigenvalue weighted by molar-refractivity contribution is 9.10. The van der Waals surface area contributed by atoms with Gasteiger partial charge in [-0.05, 0) is 40.2 Å². The fourth-order valence-corrected chi connectivity index (χ4v) is 2.36. The standard InChI is InChI=1S/C15H10BrClF2N2O2/c16-11-6-10(17)4-5-13(11)23-8-14(22)21-20-7-9-2-1-3-12(18)15(9)19/h1-7H,8H2,(H,21,22). The predicted octanol–water partition coefficient (Wildman–Crippen LogP) is 3.91. The van der Waals surface area contributed by atoms with Gasteiger partial charge in [-0.1, -0.05) is 23.7 Å². The van der Waals surface area contributed by atoms with Crippen LogP contribution in [0.3, 0.4) is 0 Å². The summed E-state index contributed by atoms with van der Waals surface area (Å²) < 4.78 is 32.2. The van der Waals surface area contributed by atoms with Gasteiger partial charge in [-0.15, -0.1) is 0 Å². The van der Waals surface area contributed by atoms with Gasteiger partial charge in [0.05, 0.1) is 10.7 Å². The summed E-state index contributed by atoms with van der Waals surface area (Å²) in [5.74, 6) is -2.15. The summed E-state index contributed by atoms with van der Waals surface area (Å²) in [6, 6.07) is 8.50. The fraction of sp³-hybridized carbons (Fsp3) is 0.0667. The first-order valence-electron chi connectivity index (χ1n) is 6.31. The van der Waals surface area contributed by atoms with Gasteiger partial charge in [0.2, 0.25) is 0 Å². The summed E-state index contributed by atoms with van der Waals surface area (Å²) in [6.45, 7) is -0.302. The Balaban J connectivity index is 1.87. The number of amides is 1. The van der Waals surface area contributed by atoms with Crippen molar-refractivity contribution in [3.63, 3.8) is 0 Å². The summed E-state index contributed by atoms with van der Waals surface area (Å²) in [7, 11) is 0. The number of ether oxygens (including phenoxy) is 1. The smallest absolute Gasteiger partial charge is 0.277 e. The van der Waals surface area contributed by atoms with Gasteiger partial charge in [0.25, 0.3) is 5.91 Å². The molecule has 0 aliphatic carbocycles. The molecule has 0 aliphatic heterocycles. The highest BCUT2D eigenvalue weighted by Gasteiger charge is 2.07. The number of carbonyl (C=O) groups is 1. The normalized spacial score (nSPS) is 10.8. The van der Waals surface area contributed by atoms with Gasteiger partial charge in [0, 0.05) is 10.6 Å². The van der Waals surface area contributed by atoms with E-state index in [0.29, 0.717) is 15.2 Å². The number of hydrogen-bond donors (Lipinski definition) is 1. The molecule has 0 bridgehead atoms. The Labute approximate surface area is 144 Å². The van der Waals surface area contributed by atoms with E-state index < -0.39 is 17.5 Å². The first-order chi connectivity index (χ1) is 11.0. The quantitative estimate of drug-likeness (QED) is 0.608. The first-order valence-corrected chi connectivity index (χ1v) is 7.48. The minimum atomic E-state index is -1.04. The zero-order chi connectivity index (χ0) is 16.8. The zero-order valence-electron chi connectivity index (χ0n) is 11.5. The van der Waals surface area contributed by atoms with Crippen molar-refractivity contribution < 1.29 is 18.3 Å². The lowest BCUT2D eigenvalue weighted by atomic mass is 10.2. The molecule has 2 aromatic rings. The average Bonchev–Trinajstić information content (AvgIpc) is 2.50. The third-order valence-electron chi connectivity index (χ3n) is 2.63. The molecule has 0 radical (unpaired) electrons. The molecule has 0 saturated carbocycles. The Morgan fingerprint density at radius 2 is 2.13 bits per heavy atom. The van der Waals surface area contributed by atoms with E-state index in [1.165, 1.54) is 12.1 Å². The van der Waals surface area contributed by atoms with Gasteiger partial charge in [0.1, 0.15) is 5.75 Å². The van der Waals surface area contributed by atoms with Crippen molar-refractivity contribution in [1.29, 1.82) is 0 Å². The monoisotopic (exact) mass is 402 g/mol. The van der Waals surface area contributed by atoms with Gasteiger partial charge in [0.15, 0.2) is 18.2 Å². The maximum absolute atomic E-state index is 13.4. The minimum Gasteiger partial charge on any atom is -0.483 e. The SMILES string of the molecule is O=C(COc1ccc(Cl)cc1Br)NN=Cc1cccc(F)c1F. The van der Waals surface area contributed by atoms with E-state index in [1.54, 1.807) is 18.2 Å². The number of nitrogens with one attached hydrogen (secondary N) is 1. The third kappa shape index (κ3) is 5.01. The molecule has 1 amide bonds. The van der Waals surface area contributed by atoms with E-state index in [-0.39, 0.29) is 12.2 Å². The number of hydrogen-bond acceptors (Lipinski definition) is 3. The van der Waals surface area contributed by atoms with Crippen LogP contribution in [0.5, 0.6) is 5.75 Å². The van der Waals surface area contributed by atoms with Crippen molar-refractivity contribution in [3.05, 3.63) is 63.1 Å². The summed E-state index contributed by atoms with van der Waals surface area (Å²) in [5, 5.41) is 4.07. The summed E-state index contributed by atoms with van der Waals surface area (Å²) in [4.78, 5) is 11.6. The van der Waals surface area contributed by atoms with Crippen molar-refractivity contribution in [1.82, 2.24) is 5.43 Å². The van der Waals surface area contributed by atoms with Crippen LogP contribution in [-0.2, 0) is 4.79 Å². The van der Waals surface area contributed by atoms with Crippen LogP contribution in [-0.4, -0.2) is 18.7 Å². The maximum Gasteiger partial charge on any atom is 0.277 e. The minimum absolute atomic E-state index is 0.0772. The molecule has 120 valence electrons. The number of halogens is 4. The molecule has 0 heterocycles. The molecule has 2 aromatic carbocycles. The lowest BCUT2D eigenvalue weighted by molar-refractivity contribution is -0.123. The molecule has 8 heteroatoms. The Morgan fingerprint density at radius 1 is 1.35 bits per heavy atom. The van der Waals surface area contributed by atoms with E-state index in [0.717, 1.165) is 12.3 Å². The van der Waals surface area contributed by atoms with E-state index in [2.05, 4.69) is 26.5 Å². The van der Waals surface area contributed by atoms with Crippen LogP contribution in [0, 0.1) is 11.6 Å². The number of rotatable bonds is 5. The van der Waals surface area contributed by atoms with Crippen LogP contribution in [0.2, 0.25) is 5.02 Å². The summed E-state index contributed by atoms with van der Waals surface area (Å²) in [6.07, 6.45) is 1.01. The predicted molar refractivity (Wildman–Crippen MR) is 86.7 cm³/mol. The van der Waals surface area contributed by atoms with Crippen molar-refractivity contribution in [2.24, 2.45) is 5.10 Å². The van der Waals surface area contributed by atoms with Gasteiger partial charge in [-0.2, -0.15) is 5.10 Å². The second-order valence-corrected chi connectivity index (χ2v) is 5.59. The molecular weight excluding hydrogens is 394 g/mol. The first kappa shape index (κ1) is 17.4. The molecule has 0 aliphatic rings. The Morgan fingerprint density at radius 3 is 2.87 bits per heavy atom. The van der Waals surface area contributed by atoms with E-state index >= 15 is 0 Å². The van der Waals surface area contributed by atoms with Crippen molar-refractivity contribution in [3.8, 4) is 5.75 Å². The summed E-state index contributed by atoms with van der Waals surface area (Å²) in [5.41, 5.74) is 2.08. The van der Waals surface area contributed by atoms with Crippen molar-refractivity contribution in [2.75, 3.05) is 6.61 Å². The second kappa shape index (κ2) is 8.03. The molecule has 0 aromatic heterocycles. The van der Waals surface area contributed by atoms with Gasteiger partial charge >= 0.3 is 0 Å². The van der Waals surface area contributed by atoms with E-state index in [4.69, 9.17) is 16.3 Å². The Hall–Kier alpha value is -1.99. The average molecular weight is 404 g/mol. The van der Waals surface area contributed by atoms with Gasteiger partial charge in [-0.3, -0.25) is 4.79 Å². The molecule has 4 nitrogen and oxygen atoms in total. The van der Waals surface area contributed by atoms with Gasteiger partial charge < -0.3 is 4.74 Å². The maximum atomic E-state index is 13.4. The molecule has 0 unspecified atom stereocenters. The molecule has 0 fully saturated rings. The highest BCUT2D eigenvalue weighted by Crippen LogP contribution is 2.27. The van der Waals surface area contributed by atoms with Crippen LogP contribution in [0.1, 0.15) is 5.56 Å². The van der Waals surface area contributed by atoms with Crippen LogP contribution in [0.25, 0.3) is 0 Å². The van der Waals surface area contributed by atoms with Crippen LogP contribution < -0.4 is 10.2 Å². The Kier molecular flexibility index (Phi) is 6.06. The molecule has 2 rings (SSSR count). The van der Waals surface area contributed by atoms with Crippen LogP contribution in [0.15, 0.2) is 46.0 Å². The molecule has 0 saturated heterocycles. The second-order valence-electron chi connectivity index (χ2n) is 4.30. The lowest BCUT2D eigenvalue weighted by Crippen LogP contribution is -2.24. The lowest BCUT2D eigenvalue weighted by Gasteiger charge is -2.07. The van der Waals surface area contributed by atoms with Crippen LogP contribution >= 0.6 is 27.5 Å². The third-order valence-corrected chi connectivity index (χ3v) is 3.48. The zero-order valence-corrected chi connectivity index (χ0v) is 13.9. The number of hydrazone groups is 1. The molecule has 0 spiro atoms. The van der Waals surface area contributed by atoms with Crippen molar-refractivity contribution in [2.45, 2.75) is 0 Å². The molecule has 0 atom stereocenters. The largest absolute Gasteiger partial charge is 0.483 e. The van der Waals surface area contributed by atoms with Crippen LogP contribution in [0.4, 0.5) is 8.78 Å². The molecule has 23 heavy (non-hydrogen) atoms. The number of benzene rings is 2. The Bertz CT molecular complexity index is 756. The number of nitrogens with zero attached hydrogens (tertiary/aromatic N) is 1. The fourth-order valence-electron chi connectivity index (χ4n) is 1.56. The van der Waals surface area contributed by atoms with Gasteiger partial charge in [-0.25, -0.2) is 14.2 Å². The van der Waals surface area contributed by atoms with E-state index in [9.17, 15) is 13.6 Å².